The Hall–Kier alpha value is -4.18. The topological polar surface area (TPSA) is 48.8 Å². The Morgan fingerprint density at radius 2 is 0.733 bits per heavy atom. The summed E-state index contributed by atoms with van der Waals surface area (Å²) in [5.41, 5.74) is 5.93. The molecule has 0 radical (unpaired) electrons. The minimum absolute atomic E-state index is 0.877. The van der Waals surface area contributed by atoms with E-state index in [4.69, 9.17) is 0 Å². The van der Waals surface area contributed by atoms with Crippen molar-refractivity contribution in [2.24, 2.45) is 9.98 Å². The molecular formula is C26H22N4. The van der Waals surface area contributed by atoms with Gasteiger partial charge in [-0.1, -0.05) is 36.4 Å². The number of anilines is 4. The number of aliphatic imine (C=N–C) groups is 2. The second-order valence-electron chi connectivity index (χ2n) is 6.63. The molecule has 0 aromatic heterocycles. The Labute approximate surface area is 176 Å². The van der Waals surface area contributed by atoms with Gasteiger partial charge in [0, 0.05) is 35.2 Å². The third-order valence-corrected chi connectivity index (χ3v) is 4.37. The molecule has 4 aromatic rings. The second-order valence-corrected chi connectivity index (χ2v) is 6.63. The zero-order valence-corrected chi connectivity index (χ0v) is 16.4. The molecule has 4 heteroatoms. The van der Waals surface area contributed by atoms with Gasteiger partial charge in [-0.3, -0.25) is 9.98 Å². The monoisotopic (exact) mass is 390 g/mol. The highest BCUT2D eigenvalue weighted by atomic mass is 14.9. The summed E-state index contributed by atoms with van der Waals surface area (Å²) in [4.78, 5) is 8.86. The summed E-state index contributed by atoms with van der Waals surface area (Å²) >= 11 is 0. The van der Waals surface area contributed by atoms with Crippen molar-refractivity contribution in [3.8, 4) is 0 Å². The summed E-state index contributed by atoms with van der Waals surface area (Å²) in [5, 5.41) is 6.71. The van der Waals surface area contributed by atoms with Crippen molar-refractivity contribution in [2.45, 2.75) is 0 Å². The molecule has 0 amide bonds. The molecule has 0 aliphatic rings. The largest absolute Gasteiger partial charge is 0.356 e. The lowest BCUT2D eigenvalue weighted by Crippen LogP contribution is -1.88. The van der Waals surface area contributed by atoms with Crippen LogP contribution in [0.15, 0.2) is 119 Å². The van der Waals surface area contributed by atoms with Gasteiger partial charge in [0.15, 0.2) is 0 Å². The normalized spacial score (nSPS) is 11.1. The van der Waals surface area contributed by atoms with E-state index < -0.39 is 0 Å². The Bertz CT molecular complexity index is 1010. The van der Waals surface area contributed by atoms with Crippen molar-refractivity contribution >= 4 is 46.6 Å². The maximum atomic E-state index is 4.43. The van der Waals surface area contributed by atoms with Crippen molar-refractivity contribution in [3.63, 3.8) is 0 Å². The van der Waals surface area contributed by atoms with Crippen molar-refractivity contribution in [2.75, 3.05) is 10.6 Å². The van der Waals surface area contributed by atoms with Gasteiger partial charge in [-0.15, -0.1) is 0 Å². The van der Waals surface area contributed by atoms with Crippen LogP contribution in [0.25, 0.3) is 0 Å². The van der Waals surface area contributed by atoms with E-state index in [1.54, 1.807) is 12.4 Å². The molecule has 0 aliphatic heterocycles. The molecule has 0 bridgehead atoms. The summed E-state index contributed by atoms with van der Waals surface area (Å²) < 4.78 is 0. The molecular weight excluding hydrogens is 368 g/mol. The number of rotatable bonds is 7. The first kappa shape index (κ1) is 19.2. The van der Waals surface area contributed by atoms with Gasteiger partial charge in [0.25, 0.3) is 0 Å². The maximum Gasteiger partial charge on any atom is 0.0631 e. The van der Waals surface area contributed by atoms with Gasteiger partial charge < -0.3 is 10.6 Å². The molecule has 0 atom stereocenters. The van der Waals surface area contributed by atoms with E-state index in [0.29, 0.717) is 0 Å². The highest BCUT2D eigenvalue weighted by Gasteiger charge is 1.95. The van der Waals surface area contributed by atoms with Crippen LogP contribution in [0.4, 0.5) is 34.1 Å². The van der Waals surface area contributed by atoms with Crippen molar-refractivity contribution in [3.05, 3.63) is 109 Å². The molecule has 0 unspecified atom stereocenters. The fourth-order valence-corrected chi connectivity index (χ4v) is 2.88. The van der Waals surface area contributed by atoms with Crippen LogP contribution in [-0.4, -0.2) is 12.4 Å². The van der Waals surface area contributed by atoms with E-state index in [1.807, 2.05) is 109 Å². The van der Waals surface area contributed by atoms with Gasteiger partial charge in [-0.05, 0) is 72.8 Å². The number of hydrogen-bond acceptors (Lipinski definition) is 4. The lowest BCUT2D eigenvalue weighted by atomic mass is 10.2. The van der Waals surface area contributed by atoms with E-state index in [-0.39, 0.29) is 0 Å². The molecule has 30 heavy (non-hydrogen) atoms. The third kappa shape index (κ3) is 5.66. The molecule has 4 aromatic carbocycles. The van der Waals surface area contributed by atoms with Gasteiger partial charge in [0.05, 0.1) is 11.4 Å². The summed E-state index contributed by atoms with van der Waals surface area (Å²) in [6, 6.07) is 36.1. The first-order chi connectivity index (χ1) is 14.8. The van der Waals surface area contributed by atoms with Crippen LogP contribution in [0.5, 0.6) is 0 Å². The lowest BCUT2D eigenvalue weighted by Gasteiger charge is -2.06. The molecule has 4 rings (SSSR count). The van der Waals surface area contributed by atoms with Crippen LogP contribution in [0.2, 0.25) is 0 Å². The Kier molecular flexibility index (Phi) is 6.28. The highest BCUT2D eigenvalue weighted by Crippen LogP contribution is 2.21. The molecule has 0 saturated heterocycles. The predicted molar refractivity (Wildman–Crippen MR) is 129 cm³/mol. The SMILES string of the molecule is C(C=Nc1ccc(Nc2ccccc2)cc1)=Nc1ccc(Nc2ccccc2)cc1. The quantitative estimate of drug-likeness (QED) is 0.326. The van der Waals surface area contributed by atoms with Gasteiger partial charge in [-0.25, -0.2) is 0 Å². The lowest BCUT2D eigenvalue weighted by molar-refractivity contribution is 1.50. The van der Waals surface area contributed by atoms with Crippen molar-refractivity contribution in [1.82, 2.24) is 0 Å². The fraction of sp³-hybridized carbons (Fsp3) is 0. The molecule has 0 spiro atoms. The van der Waals surface area contributed by atoms with E-state index in [1.165, 1.54) is 0 Å². The van der Waals surface area contributed by atoms with Gasteiger partial charge in [0.1, 0.15) is 0 Å². The summed E-state index contributed by atoms with van der Waals surface area (Å²) in [7, 11) is 0. The standard InChI is InChI=1S/C26H22N4/c1-3-7-23(8-4-1)29-25-15-11-21(12-16-25)27-19-20-28-22-13-17-26(18-14-22)30-24-9-5-2-6-10-24/h1-20,29-30H. The van der Waals surface area contributed by atoms with Crippen LogP contribution in [0.1, 0.15) is 0 Å². The Balaban J connectivity index is 1.30. The molecule has 146 valence electrons. The van der Waals surface area contributed by atoms with Gasteiger partial charge in [-0.2, -0.15) is 0 Å². The van der Waals surface area contributed by atoms with Crippen molar-refractivity contribution in [1.29, 1.82) is 0 Å². The molecule has 0 heterocycles. The molecule has 4 nitrogen and oxygen atoms in total. The van der Waals surface area contributed by atoms with Crippen LogP contribution >= 0.6 is 0 Å². The van der Waals surface area contributed by atoms with E-state index in [2.05, 4.69) is 20.6 Å². The second kappa shape index (κ2) is 9.85. The minimum Gasteiger partial charge on any atom is -0.356 e. The van der Waals surface area contributed by atoms with Crippen LogP contribution in [0.3, 0.4) is 0 Å². The molecule has 0 aliphatic carbocycles. The van der Waals surface area contributed by atoms with Crippen LogP contribution in [0, 0.1) is 0 Å². The number of nitrogens with zero attached hydrogens (tertiary/aromatic N) is 2. The number of hydrogen-bond donors (Lipinski definition) is 2. The Morgan fingerprint density at radius 3 is 1.10 bits per heavy atom. The average molecular weight is 390 g/mol. The minimum atomic E-state index is 0.877. The molecule has 0 saturated carbocycles. The first-order valence-corrected chi connectivity index (χ1v) is 9.76. The predicted octanol–water partition coefficient (Wildman–Crippen LogP) is 7.28. The van der Waals surface area contributed by atoms with E-state index in [0.717, 1.165) is 34.1 Å². The average Bonchev–Trinajstić information content (AvgIpc) is 2.80. The number of para-hydroxylation sites is 2. The highest BCUT2D eigenvalue weighted by molar-refractivity contribution is 6.17. The maximum absolute atomic E-state index is 4.43. The third-order valence-electron chi connectivity index (χ3n) is 4.37. The number of nitrogens with one attached hydrogen (secondary N) is 2. The van der Waals surface area contributed by atoms with Crippen LogP contribution in [-0.2, 0) is 0 Å². The molecule has 2 N–H and O–H groups in total. The Morgan fingerprint density at radius 1 is 0.400 bits per heavy atom. The summed E-state index contributed by atoms with van der Waals surface area (Å²) in [5.74, 6) is 0. The van der Waals surface area contributed by atoms with E-state index in [9.17, 15) is 0 Å². The zero-order chi connectivity index (χ0) is 20.4. The summed E-state index contributed by atoms with van der Waals surface area (Å²) in [6.45, 7) is 0. The van der Waals surface area contributed by atoms with Crippen LogP contribution < -0.4 is 10.6 Å². The van der Waals surface area contributed by atoms with E-state index >= 15 is 0 Å². The summed E-state index contributed by atoms with van der Waals surface area (Å²) in [6.07, 6.45) is 3.41. The fourth-order valence-electron chi connectivity index (χ4n) is 2.88. The molecule has 0 fully saturated rings. The smallest absolute Gasteiger partial charge is 0.0631 e. The first-order valence-electron chi connectivity index (χ1n) is 9.76. The van der Waals surface area contributed by atoms with Gasteiger partial charge in [0.2, 0.25) is 0 Å². The van der Waals surface area contributed by atoms with Gasteiger partial charge >= 0.3 is 0 Å². The number of benzene rings is 4. The van der Waals surface area contributed by atoms with Crippen molar-refractivity contribution < 1.29 is 0 Å². The zero-order valence-electron chi connectivity index (χ0n) is 16.4.